The molecule has 1 heterocycles. The van der Waals surface area contributed by atoms with Crippen LogP contribution in [0.1, 0.15) is 20.8 Å². The number of rotatable bonds is 5. The van der Waals surface area contributed by atoms with Crippen LogP contribution in [0.25, 0.3) is 0 Å². The number of carbonyl (C=O) groups excluding carboxylic acids is 1. The van der Waals surface area contributed by atoms with Crippen LogP contribution in [0.5, 0.6) is 5.75 Å². The van der Waals surface area contributed by atoms with Gasteiger partial charge in [-0.05, 0) is 69.1 Å². The summed E-state index contributed by atoms with van der Waals surface area (Å²) in [5.74, 6) is 0.845. The van der Waals surface area contributed by atoms with Crippen molar-refractivity contribution in [2.24, 2.45) is 0 Å². The summed E-state index contributed by atoms with van der Waals surface area (Å²) in [7, 11) is 1.67. The predicted octanol–water partition coefficient (Wildman–Crippen LogP) is 4.87. The Morgan fingerprint density at radius 3 is 2.28 bits per heavy atom. The maximum Gasteiger partial charge on any atom is 0.410 e. The third-order valence-electron chi connectivity index (χ3n) is 4.51. The van der Waals surface area contributed by atoms with Gasteiger partial charge in [0.15, 0.2) is 0 Å². The highest BCUT2D eigenvalue weighted by molar-refractivity contribution is 8.00. The number of nitrogens with zero attached hydrogens (tertiary/aromatic N) is 2. The quantitative estimate of drug-likeness (QED) is 0.703. The number of methoxy groups -OCH3 is 1. The van der Waals surface area contributed by atoms with Gasteiger partial charge in [0.05, 0.1) is 18.5 Å². The topological polar surface area (TPSA) is 54.0 Å². The van der Waals surface area contributed by atoms with Gasteiger partial charge in [-0.1, -0.05) is 12.1 Å². The molecule has 0 aliphatic carbocycles. The minimum Gasteiger partial charge on any atom is -0.497 e. The Balaban J connectivity index is 1.60. The zero-order valence-electron chi connectivity index (χ0n) is 17.5. The van der Waals surface area contributed by atoms with Crippen molar-refractivity contribution < 1.29 is 14.3 Å². The van der Waals surface area contributed by atoms with Crippen LogP contribution >= 0.6 is 11.9 Å². The van der Waals surface area contributed by atoms with Gasteiger partial charge in [-0.3, -0.25) is 0 Å². The van der Waals surface area contributed by atoms with E-state index in [9.17, 15) is 4.79 Å². The van der Waals surface area contributed by atoms with Crippen LogP contribution in [0.4, 0.5) is 16.2 Å². The van der Waals surface area contributed by atoms with Gasteiger partial charge in [0, 0.05) is 31.1 Å². The van der Waals surface area contributed by atoms with E-state index in [0.717, 1.165) is 35.1 Å². The normalized spacial score (nSPS) is 14.5. The SMILES string of the molecule is COc1ccc(SNc2ccccc2N2CCN(C(=O)OC(C)(C)C)CC2)cc1. The summed E-state index contributed by atoms with van der Waals surface area (Å²) < 4.78 is 14.2. The number of piperazine rings is 1. The summed E-state index contributed by atoms with van der Waals surface area (Å²) in [5, 5.41) is 0. The van der Waals surface area contributed by atoms with Gasteiger partial charge >= 0.3 is 6.09 Å². The van der Waals surface area contributed by atoms with Gasteiger partial charge < -0.3 is 24.0 Å². The standard InChI is InChI=1S/C22H29N3O3S/c1-22(2,3)28-21(26)25-15-13-24(14-16-25)20-8-6-5-7-19(20)23-29-18-11-9-17(27-4)10-12-18/h5-12,23H,13-16H2,1-4H3. The molecule has 2 aromatic rings. The fraction of sp³-hybridized carbons (Fsp3) is 0.409. The average Bonchev–Trinajstić information content (AvgIpc) is 2.72. The van der Waals surface area contributed by atoms with E-state index in [1.165, 1.54) is 0 Å². The molecule has 7 heteroatoms. The molecule has 1 fully saturated rings. The van der Waals surface area contributed by atoms with Crippen molar-refractivity contribution in [2.45, 2.75) is 31.3 Å². The van der Waals surface area contributed by atoms with Gasteiger partial charge in [-0.15, -0.1) is 0 Å². The highest BCUT2D eigenvalue weighted by atomic mass is 32.2. The summed E-state index contributed by atoms with van der Waals surface area (Å²) in [5.41, 5.74) is 1.72. The summed E-state index contributed by atoms with van der Waals surface area (Å²) in [6.07, 6.45) is -0.237. The van der Waals surface area contributed by atoms with Crippen molar-refractivity contribution in [3.05, 3.63) is 48.5 Å². The first-order chi connectivity index (χ1) is 13.9. The number of benzene rings is 2. The Labute approximate surface area is 177 Å². The lowest BCUT2D eigenvalue weighted by atomic mass is 10.2. The predicted molar refractivity (Wildman–Crippen MR) is 119 cm³/mol. The van der Waals surface area contributed by atoms with Crippen molar-refractivity contribution in [2.75, 3.05) is 42.9 Å². The second-order valence-corrected chi connectivity index (χ2v) is 8.73. The fourth-order valence-corrected chi connectivity index (χ4v) is 3.72. The number of ether oxygens (including phenoxy) is 2. The molecule has 1 saturated heterocycles. The van der Waals surface area contributed by atoms with Crippen LogP contribution in [-0.2, 0) is 4.74 Å². The van der Waals surface area contributed by atoms with E-state index in [2.05, 4.69) is 21.8 Å². The van der Waals surface area contributed by atoms with E-state index < -0.39 is 5.60 Å². The van der Waals surface area contributed by atoms with Crippen LogP contribution in [0.2, 0.25) is 0 Å². The molecule has 0 atom stereocenters. The Morgan fingerprint density at radius 2 is 1.66 bits per heavy atom. The molecule has 1 amide bonds. The molecule has 156 valence electrons. The molecule has 0 bridgehead atoms. The second kappa shape index (κ2) is 9.31. The summed E-state index contributed by atoms with van der Waals surface area (Å²) in [4.78, 5) is 17.5. The van der Waals surface area contributed by atoms with Crippen molar-refractivity contribution in [3.63, 3.8) is 0 Å². The molecule has 0 saturated carbocycles. The Hall–Kier alpha value is -2.54. The lowest BCUT2D eigenvalue weighted by Gasteiger charge is -2.37. The highest BCUT2D eigenvalue weighted by Crippen LogP contribution is 2.31. The van der Waals surface area contributed by atoms with E-state index in [4.69, 9.17) is 9.47 Å². The lowest BCUT2D eigenvalue weighted by Crippen LogP contribution is -2.50. The van der Waals surface area contributed by atoms with Crippen LogP contribution in [-0.4, -0.2) is 49.9 Å². The number of hydrogen-bond donors (Lipinski definition) is 1. The summed E-state index contributed by atoms with van der Waals surface area (Å²) >= 11 is 1.57. The zero-order valence-corrected chi connectivity index (χ0v) is 18.3. The third-order valence-corrected chi connectivity index (χ3v) is 5.34. The molecular weight excluding hydrogens is 386 g/mol. The van der Waals surface area contributed by atoms with Crippen LogP contribution in [0, 0.1) is 0 Å². The smallest absolute Gasteiger partial charge is 0.410 e. The molecule has 1 aliphatic heterocycles. The molecule has 0 unspecified atom stereocenters. The molecule has 6 nitrogen and oxygen atoms in total. The first kappa shape index (κ1) is 21.2. The first-order valence-electron chi connectivity index (χ1n) is 9.74. The van der Waals surface area contributed by atoms with Gasteiger partial charge in [0.1, 0.15) is 11.4 Å². The van der Waals surface area contributed by atoms with E-state index in [0.29, 0.717) is 13.1 Å². The van der Waals surface area contributed by atoms with Gasteiger partial charge in [0.25, 0.3) is 0 Å². The van der Waals surface area contributed by atoms with E-state index in [-0.39, 0.29) is 6.09 Å². The molecular formula is C22H29N3O3S. The van der Waals surface area contributed by atoms with Crippen LogP contribution in [0.15, 0.2) is 53.4 Å². The van der Waals surface area contributed by atoms with Crippen molar-refractivity contribution in [1.82, 2.24) is 4.90 Å². The summed E-state index contributed by atoms with van der Waals surface area (Å²) in [6, 6.07) is 16.2. The second-order valence-electron chi connectivity index (χ2n) is 7.85. The first-order valence-corrected chi connectivity index (χ1v) is 10.6. The molecule has 0 spiro atoms. The molecule has 0 radical (unpaired) electrons. The van der Waals surface area contributed by atoms with E-state index in [1.54, 1.807) is 24.0 Å². The number of carbonyl (C=O) groups is 1. The maximum absolute atomic E-state index is 12.3. The largest absolute Gasteiger partial charge is 0.497 e. The summed E-state index contributed by atoms with van der Waals surface area (Å²) in [6.45, 7) is 8.51. The minimum absolute atomic E-state index is 0.237. The number of para-hydroxylation sites is 2. The van der Waals surface area contributed by atoms with Gasteiger partial charge in [-0.25, -0.2) is 4.79 Å². The Kier molecular flexibility index (Phi) is 6.79. The molecule has 1 aliphatic rings. The highest BCUT2D eigenvalue weighted by Gasteiger charge is 2.26. The Bertz CT molecular complexity index is 813. The number of amides is 1. The van der Waals surface area contributed by atoms with Crippen molar-refractivity contribution in [1.29, 1.82) is 0 Å². The van der Waals surface area contributed by atoms with E-state index in [1.807, 2.05) is 57.2 Å². The number of nitrogens with one attached hydrogen (secondary N) is 1. The molecule has 3 rings (SSSR count). The van der Waals surface area contributed by atoms with Crippen LogP contribution in [0.3, 0.4) is 0 Å². The minimum atomic E-state index is -0.469. The zero-order chi connectivity index (χ0) is 20.9. The lowest BCUT2D eigenvalue weighted by molar-refractivity contribution is 0.0240. The number of hydrogen-bond acceptors (Lipinski definition) is 6. The van der Waals surface area contributed by atoms with Crippen LogP contribution < -0.4 is 14.4 Å². The molecule has 2 aromatic carbocycles. The third kappa shape index (κ3) is 5.97. The van der Waals surface area contributed by atoms with Gasteiger partial charge in [-0.2, -0.15) is 0 Å². The monoisotopic (exact) mass is 415 g/mol. The van der Waals surface area contributed by atoms with E-state index >= 15 is 0 Å². The van der Waals surface area contributed by atoms with Crippen molar-refractivity contribution >= 4 is 29.4 Å². The van der Waals surface area contributed by atoms with Gasteiger partial charge in [0.2, 0.25) is 0 Å². The maximum atomic E-state index is 12.3. The fourth-order valence-electron chi connectivity index (χ4n) is 3.05. The molecule has 1 N–H and O–H groups in total. The molecule has 29 heavy (non-hydrogen) atoms. The van der Waals surface area contributed by atoms with Crippen molar-refractivity contribution in [3.8, 4) is 5.75 Å². The Morgan fingerprint density at radius 1 is 1.00 bits per heavy atom. The number of anilines is 2. The molecule has 0 aromatic heterocycles. The average molecular weight is 416 g/mol.